The summed E-state index contributed by atoms with van der Waals surface area (Å²) in [7, 11) is 1.65. The summed E-state index contributed by atoms with van der Waals surface area (Å²) in [5.41, 5.74) is 2.07. The quantitative estimate of drug-likeness (QED) is 0.868. The molecule has 0 amide bonds. The van der Waals surface area contributed by atoms with Crippen molar-refractivity contribution in [3.05, 3.63) is 40.1 Å². The molecule has 84 valence electrons. The summed E-state index contributed by atoms with van der Waals surface area (Å²) in [5.74, 6) is 0.832. The molecule has 0 saturated heterocycles. The molecule has 0 unspecified atom stereocenters. The van der Waals surface area contributed by atoms with E-state index in [0.29, 0.717) is 6.54 Å². The summed E-state index contributed by atoms with van der Waals surface area (Å²) in [6.07, 6.45) is 1.91. The summed E-state index contributed by atoms with van der Waals surface area (Å²) >= 11 is 3.46. The molecule has 0 spiro atoms. The Labute approximate surface area is 102 Å². The third kappa shape index (κ3) is 2.41. The van der Waals surface area contributed by atoms with Crippen molar-refractivity contribution in [2.75, 3.05) is 7.11 Å². The van der Waals surface area contributed by atoms with Crippen molar-refractivity contribution in [1.29, 1.82) is 0 Å². The SMILES string of the molecule is COc1ccc(Cn2cc(C)nn2)cc1Br. The van der Waals surface area contributed by atoms with Gasteiger partial charge in [-0.1, -0.05) is 11.3 Å². The summed E-state index contributed by atoms with van der Waals surface area (Å²) in [6, 6.07) is 5.97. The number of nitrogens with zero attached hydrogens (tertiary/aromatic N) is 3. The molecule has 2 rings (SSSR count). The Morgan fingerprint density at radius 3 is 2.81 bits per heavy atom. The summed E-state index contributed by atoms with van der Waals surface area (Å²) in [4.78, 5) is 0. The van der Waals surface area contributed by atoms with E-state index in [4.69, 9.17) is 4.74 Å². The van der Waals surface area contributed by atoms with Gasteiger partial charge in [0, 0.05) is 6.20 Å². The highest BCUT2D eigenvalue weighted by molar-refractivity contribution is 9.10. The van der Waals surface area contributed by atoms with E-state index < -0.39 is 0 Å². The number of benzene rings is 1. The van der Waals surface area contributed by atoms with Gasteiger partial charge >= 0.3 is 0 Å². The van der Waals surface area contributed by atoms with E-state index >= 15 is 0 Å². The van der Waals surface area contributed by atoms with Crippen LogP contribution in [0.4, 0.5) is 0 Å². The van der Waals surface area contributed by atoms with Crippen LogP contribution in [0.5, 0.6) is 5.75 Å². The number of aryl methyl sites for hydroxylation is 1. The lowest BCUT2D eigenvalue weighted by Crippen LogP contribution is -2.00. The van der Waals surface area contributed by atoms with Crippen LogP contribution in [0.1, 0.15) is 11.3 Å². The van der Waals surface area contributed by atoms with Crippen molar-refractivity contribution in [1.82, 2.24) is 15.0 Å². The highest BCUT2D eigenvalue weighted by Gasteiger charge is 2.03. The highest BCUT2D eigenvalue weighted by Crippen LogP contribution is 2.25. The fraction of sp³-hybridized carbons (Fsp3) is 0.273. The minimum absolute atomic E-state index is 0.712. The average molecular weight is 282 g/mol. The molecule has 0 aliphatic carbocycles. The first-order valence-electron chi connectivity index (χ1n) is 4.88. The third-order valence-corrected chi connectivity index (χ3v) is 2.83. The molecule has 0 aliphatic heterocycles. The molecule has 1 heterocycles. The number of aromatic nitrogens is 3. The maximum Gasteiger partial charge on any atom is 0.133 e. The summed E-state index contributed by atoms with van der Waals surface area (Å²) < 4.78 is 7.93. The van der Waals surface area contributed by atoms with E-state index in [1.54, 1.807) is 7.11 Å². The second kappa shape index (κ2) is 4.65. The normalized spacial score (nSPS) is 10.4. The lowest BCUT2D eigenvalue weighted by Gasteiger charge is -2.06. The number of hydrogen-bond acceptors (Lipinski definition) is 3. The molecule has 2 aromatic rings. The molecule has 0 aliphatic rings. The zero-order valence-electron chi connectivity index (χ0n) is 9.14. The monoisotopic (exact) mass is 281 g/mol. The highest BCUT2D eigenvalue weighted by atomic mass is 79.9. The van der Waals surface area contributed by atoms with Gasteiger partial charge in [-0.05, 0) is 40.5 Å². The maximum atomic E-state index is 5.17. The van der Waals surface area contributed by atoms with E-state index in [1.807, 2.05) is 36.0 Å². The van der Waals surface area contributed by atoms with E-state index in [-0.39, 0.29) is 0 Å². The molecular formula is C11H12BrN3O. The van der Waals surface area contributed by atoms with Gasteiger partial charge in [-0.3, -0.25) is 0 Å². The van der Waals surface area contributed by atoms with Crippen molar-refractivity contribution in [2.24, 2.45) is 0 Å². The molecule has 0 bridgehead atoms. The van der Waals surface area contributed by atoms with E-state index in [2.05, 4.69) is 26.2 Å². The number of methoxy groups -OCH3 is 1. The topological polar surface area (TPSA) is 39.9 Å². The fourth-order valence-electron chi connectivity index (χ4n) is 1.47. The number of halogens is 1. The Balaban J connectivity index is 2.19. The van der Waals surface area contributed by atoms with Crippen LogP contribution in [-0.4, -0.2) is 22.1 Å². The van der Waals surface area contributed by atoms with Gasteiger partial charge in [0.25, 0.3) is 0 Å². The average Bonchev–Trinajstić information content (AvgIpc) is 2.64. The first-order valence-corrected chi connectivity index (χ1v) is 5.67. The van der Waals surface area contributed by atoms with Crippen LogP contribution in [0, 0.1) is 6.92 Å². The molecule has 4 nitrogen and oxygen atoms in total. The van der Waals surface area contributed by atoms with Crippen LogP contribution < -0.4 is 4.74 Å². The molecule has 1 aromatic heterocycles. The molecular weight excluding hydrogens is 270 g/mol. The van der Waals surface area contributed by atoms with Crippen LogP contribution in [0.25, 0.3) is 0 Å². The Morgan fingerprint density at radius 2 is 2.25 bits per heavy atom. The number of rotatable bonds is 3. The standard InChI is InChI=1S/C11H12BrN3O/c1-8-6-15(14-13-8)7-9-3-4-11(16-2)10(12)5-9/h3-6H,7H2,1-2H3. The van der Waals surface area contributed by atoms with Gasteiger partial charge in [0.2, 0.25) is 0 Å². The zero-order chi connectivity index (χ0) is 11.5. The van der Waals surface area contributed by atoms with Gasteiger partial charge in [-0.25, -0.2) is 4.68 Å². The van der Waals surface area contributed by atoms with Crippen molar-refractivity contribution >= 4 is 15.9 Å². The maximum absolute atomic E-state index is 5.17. The molecule has 0 radical (unpaired) electrons. The van der Waals surface area contributed by atoms with Crippen LogP contribution in [0.2, 0.25) is 0 Å². The number of ether oxygens (including phenoxy) is 1. The van der Waals surface area contributed by atoms with Gasteiger partial charge in [0.1, 0.15) is 5.75 Å². The zero-order valence-corrected chi connectivity index (χ0v) is 10.7. The lowest BCUT2D eigenvalue weighted by molar-refractivity contribution is 0.412. The summed E-state index contributed by atoms with van der Waals surface area (Å²) in [5, 5.41) is 7.95. The van der Waals surface area contributed by atoms with Crippen molar-refractivity contribution in [3.63, 3.8) is 0 Å². The predicted molar refractivity (Wildman–Crippen MR) is 64.6 cm³/mol. The van der Waals surface area contributed by atoms with E-state index in [0.717, 1.165) is 21.5 Å². The van der Waals surface area contributed by atoms with Gasteiger partial charge in [-0.2, -0.15) is 0 Å². The predicted octanol–water partition coefficient (Wildman–Crippen LogP) is 2.41. The van der Waals surface area contributed by atoms with Crippen LogP contribution in [0.3, 0.4) is 0 Å². The lowest BCUT2D eigenvalue weighted by atomic mass is 10.2. The van der Waals surface area contributed by atoms with Crippen LogP contribution >= 0.6 is 15.9 Å². The fourth-order valence-corrected chi connectivity index (χ4v) is 2.06. The molecule has 0 saturated carbocycles. The Hall–Kier alpha value is -1.36. The van der Waals surface area contributed by atoms with Gasteiger partial charge < -0.3 is 4.74 Å². The minimum atomic E-state index is 0.712. The summed E-state index contributed by atoms with van der Waals surface area (Å²) in [6.45, 7) is 2.64. The molecule has 1 aromatic carbocycles. The van der Waals surface area contributed by atoms with Crippen molar-refractivity contribution < 1.29 is 4.74 Å². The molecule has 0 atom stereocenters. The number of hydrogen-bond donors (Lipinski definition) is 0. The van der Waals surface area contributed by atoms with Gasteiger partial charge in [-0.15, -0.1) is 5.10 Å². The molecule has 0 N–H and O–H groups in total. The van der Waals surface area contributed by atoms with Crippen molar-refractivity contribution in [2.45, 2.75) is 13.5 Å². The van der Waals surface area contributed by atoms with E-state index in [9.17, 15) is 0 Å². The smallest absolute Gasteiger partial charge is 0.133 e. The molecule has 16 heavy (non-hydrogen) atoms. The first kappa shape index (κ1) is 11.1. The van der Waals surface area contributed by atoms with E-state index in [1.165, 1.54) is 0 Å². The minimum Gasteiger partial charge on any atom is -0.496 e. The Bertz CT molecular complexity index is 496. The Morgan fingerprint density at radius 1 is 1.44 bits per heavy atom. The van der Waals surface area contributed by atoms with Crippen LogP contribution in [-0.2, 0) is 6.54 Å². The third-order valence-electron chi connectivity index (χ3n) is 2.21. The Kier molecular flexibility index (Phi) is 3.24. The largest absolute Gasteiger partial charge is 0.496 e. The van der Waals surface area contributed by atoms with Crippen molar-refractivity contribution in [3.8, 4) is 5.75 Å². The van der Waals surface area contributed by atoms with Gasteiger partial charge in [0.15, 0.2) is 0 Å². The first-order chi connectivity index (χ1) is 7.69. The second-order valence-electron chi connectivity index (χ2n) is 3.53. The van der Waals surface area contributed by atoms with Gasteiger partial charge in [0.05, 0.1) is 23.8 Å². The second-order valence-corrected chi connectivity index (χ2v) is 4.38. The molecule has 0 fully saturated rings. The molecule has 5 heteroatoms. The van der Waals surface area contributed by atoms with Crippen LogP contribution in [0.15, 0.2) is 28.9 Å².